The van der Waals surface area contributed by atoms with Crippen molar-refractivity contribution >= 4 is 56.3 Å². The number of nitrogen functional groups attached to an aromatic ring is 1. The monoisotopic (exact) mass is 600 g/mol. The summed E-state index contributed by atoms with van der Waals surface area (Å²) in [6, 6.07) is 17.5. The number of para-hydroxylation sites is 1. The molecular weight excluding hydrogens is 560 g/mol. The van der Waals surface area contributed by atoms with Crippen LogP contribution in [0, 0.1) is 11.3 Å². The number of guanidine groups is 1. The van der Waals surface area contributed by atoms with Gasteiger partial charge < -0.3 is 25.7 Å². The predicted octanol–water partition coefficient (Wildman–Crippen LogP) is 5.52. The number of hydrogen-bond donors (Lipinski definition) is 3. The van der Waals surface area contributed by atoms with E-state index >= 15 is 0 Å². The van der Waals surface area contributed by atoms with Crippen molar-refractivity contribution < 1.29 is 9.53 Å². The summed E-state index contributed by atoms with van der Waals surface area (Å²) >= 11 is 1.22. The lowest BCUT2D eigenvalue weighted by Crippen LogP contribution is -2.33. The van der Waals surface area contributed by atoms with Crippen LogP contribution in [0.15, 0.2) is 53.5 Å². The number of nitrogens with two attached hydrogens (primary N) is 1. The molecule has 4 rings (SSSR count). The highest BCUT2D eigenvalue weighted by Gasteiger charge is 2.16. The van der Waals surface area contributed by atoms with Gasteiger partial charge >= 0.3 is 0 Å². The Morgan fingerprint density at radius 3 is 2.81 bits per heavy atom. The minimum Gasteiger partial charge on any atom is -0.382 e. The van der Waals surface area contributed by atoms with Crippen LogP contribution in [-0.2, 0) is 22.5 Å². The van der Waals surface area contributed by atoms with Crippen molar-refractivity contribution in [3.63, 3.8) is 0 Å². The summed E-state index contributed by atoms with van der Waals surface area (Å²) in [4.78, 5) is 25.8. The van der Waals surface area contributed by atoms with Gasteiger partial charge in [0.2, 0.25) is 0 Å². The van der Waals surface area contributed by atoms with E-state index in [1.54, 1.807) is 18.4 Å². The molecule has 2 aromatic heterocycles. The number of hydrogen-bond acceptors (Lipinski definition) is 8. The highest BCUT2D eigenvalue weighted by Crippen LogP contribution is 2.29. The molecular formula is C32H40N8O2S. The third kappa shape index (κ3) is 8.92. The number of imidazole rings is 1. The summed E-state index contributed by atoms with van der Waals surface area (Å²) in [5, 5.41) is 17.1. The fraction of sp³-hybridized carbons (Fsp3) is 0.406. The number of nitriles is 1. The van der Waals surface area contributed by atoms with Gasteiger partial charge in [-0.15, -0.1) is 0 Å². The number of thioether (sulfide) groups is 1. The van der Waals surface area contributed by atoms with Gasteiger partial charge in [0.05, 0.1) is 35.9 Å². The van der Waals surface area contributed by atoms with Gasteiger partial charge in [-0.2, -0.15) is 5.26 Å². The first-order valence-corrected chi connectivity index (χ1v) is 16.0. The number of aryl methyl sites for hydroxylation is 2. The smallest absolute Gasteiger partial charge is 0.195 e. The number of fused-ring (bicyclic) bond motifs is 3. The molecule has 0 atom stereocenters. The van der Waals surface area contributed by atoms with Crippen LogP contribution in [0.2, 0.25) is 0 Å². The SMILES string of the molecule is CCCCc1nc2c(N)nc3ccccc3c2n1CCCCN=C(NCCOCCC(=O)SC)Nc1cccc(C#N)c1. The van der Waals surface area contributed by atoms with E-state index in [4.69, 9.17) is 20.4 Å². The molecule has 4 N–H and O–H groups in total. The molecule has 2 aromatic carbocycles. The number of pyridine rings is 1. The van der Waals surface area contributed by atoms with Crippen LogP contribution in [0.25, 0.3) is 21.9 Å². The Balaban J connectivity index is 1.42. The summed E-state index contributed by atoms with van der Waals surface area (Å²) in [6.45, 7) is 4.97. The van der Waals surface area contributed by atoms with Crippen LogP contribution in [0.4, 0.5) is 11.5 Å². The van der Waals surface area contributed by atoms with Crippen molar-refractivity contribution in [1.29, 1.82) is 5.26 Å². The highest BCUT2D eigenvalue weighted by molar-refractivity contribution is 8.13. The van der Waals surface area contributed by atoms with Gasteiger partial charge in [-0.1, -0.05) is 49.4 Å². The first-order valence-electron chi connectivity index (χ1n) is 14.8. The summed E-state index contributed by atoms with van der Waals surface area (Å²) in [5.74, 6) is 2.13. The number of aliphatic imine (C=N–C) groups is 1. The number of benzene rings is 2. The van der Waals surface area contributed by atoms with Gasteiger partial charge in [0.25, 0.3) is 0 Å². The lowest BCUT2D eigenvalue weighted by atomic mass is 10.2. The number of aromatic nitrogens is 3. The second-order valence-corrected chi connectivity index (χ2v) is 11.0. The summed E-state index contributed by atoms with van der Waals surface area (Å²) < 4.78 is 7.91. The molecule has 0 spiro atoms. The Hall–Kier alpha value is -4.14. The van der Waals surface area contributed by atoms with E-state index < -0.39 is 0 Å². The van der Waals surface area contributed by atoms with Crippen LogP contribution in [0.1, 0.15) is 50.4 Å². The summed E-state index contributed by atoms with van der Waals surface area (Å²) in [5.41, 5.74) is 10.4. The Bertz CT molecular complexity index is 1590. The third-order valence-corrected chi connectivity index (χ3v) is 7.63. The van der Waals surface area contributed by atoms with Crippen molar-refractivity contribution in [3.05, 3.63) is 59.9 Å². The number of nitrogens with zero attached hydrogens (tertiary/aromatic N) is 5. The number of ether oxygens (including phenoxy) is 1. The van der Waals surface area contributed by atoms with Gasteiger partial charge in [-0.3, -0.25) is 9.79 Å². The van der Waals surface area contributed by atoms with E-state index in [-0.39, 0.29) is 5.12 Å². The molecule has 10 nitrogen and oxygen atoms in total. The number of carbonyl (C=O) groups excluding carboxylic acids is 1. The summed E-state index contributed by atoms with van der Waals surface area (Å²) in [7, 11) is 0. The van der Waals surface area contributed by atoms with Crippen molar-refractivity contribution in [1.82, 2.24) is 19.9 Å². The van der Waals surface area contributed by atoms with Crippen LogP contribution < -0.4 is 16.4 Å². The zero-order valence-corrected chi connectivity index (χ0v) is 25.8. The molecule has 0 unspecified atom stereocenters. The van der Waals surface area contributed by atoms with Crippen molar-refractivity contribution in [2.24, 2.45) is 4.99 Å². The Morgan fingerprint density at radius 1 is 1.14 bits per heavy atom. The molecule has 0 saturated carbocycles. The maximum atomic E-state index is 11.5. The van der Waals surface area contributed by atoms with Gasteiger partial charge in [0.15, 0.2) is 16.9 Å². The van der Waals surface area contributed by atoms with E-state index in [9.17, 15) is 10.1 Å². The normalized spacial score (nSPS) is 11.6. The van der Waals surface area contributed by atoms with Crippen LogP contribution in [-0.4, -0.2) is 58.2 Å². The highest BCUT2D eigenvalue weighted by atomic mass is 32.2. The van der Waals surface area contributed by atoms with Crippen molar-refractivity contribution in [2.75, 3.05) is 43.6 Å². The molecule has 0 aliphatic rings. The predicted molar refractivity (Wildman–Crippen MR) is 176 cm³/mol. The zero-order valence-electron chi connectivity index (χ0n) is 24.9. The lowest BCUT2D eigenvalue weighted by molar-refractivity contribution is -0.111. The largest absolute Gasteiger partial charge is 0.382 e. The molecule has 0 aliphatic heterocycles. The molecule has 0 fully saturated rings. The second kappa shape index (κ2) is 16.5. The van der Waals surface area contributed by atoms with Crippen LogP contribution in [0.3, 0.4) is 0 Å². The fourth-order valence-corrected chi connectivity index (χ4v) is 5.08. The van der Waals surface area contributed by atoms with E-state index in [0.717, 1.165) is 72.1 Å². The maximum absolute atomic E-state index is 11.5. The zero-order chi connectivity index (χ0) is 30.4. The minimum atomic E-state index is 0.115. The van der Waals surface area contributed by atoms with E-state index in [1.807, 2.05) is 30.3 Å². The molecule has 2 heterocycles. The molecule has 4 aromatic rings. The van der Waals surface area contributed by atoms with Crippen molar-refractivity contribution in [2.45, 2.75) is 52.0 Å². The molecule has 0 radical (unpaired) electrons. The quantitative estimate of drug-likeness (QED) is 0.0913. The Labute approximate surface area is 257 Å². The van der Waals surface area contributed by atoms with Gasteiger partial charge in [0, 0.05) is 43.5 Å². The van der Waals surface area contributed by atoms with Crippen LogP contribution >= 0.6 is 11.8 Å². The van der Waals surface area contributed by atoms with Crippen molar-refractivity contribution in [3.8, 4) is 6.07 Å². The number of carbonyl (C=O) groups is 1. The third-order valence-electron chi connectivity index (χ3n) is 6.97. The first-order chi connectivity index (χ1) is 21.0. The molecule has 0 bridgehead atoms. The molecule has 43 heavy (non-hydrogen) atoms. The van der Waals surface area contributed by atoms with Crippen LogP contribution in [0.5, 0.6) is 0 Å². The van der Waals surface area contributed by atoms with E-state index in [0.29, 0.717) is 50.1 Å². The van der Waals surface area contributed by atoms with Gasteiger partial charge in [0.1, 0.15) is 11.3 Å². The van der Waals surface area contributed by atoms with E-state index in [2.05, 4.69) is 39.2 Å². The number of anilines is 2. The Kier molecular flexibility index (Phi) is 12.2. The molecule has 0 saturated heterocycles. The topological polar surface area (TPSA) is 143 Å². The van der Waals surface area contributed by atoms with Gasteiger partial charge in [-0.05, 0) is 49.8 Å². The van der Waals surface area contributed by atoms with E-state index in [1.165, 1.54) is 11.8 Å². The average molecular weight is 601 g/mol. The molecule has 226 valence electrons. The maximum Gasteiger partial charge on any atom is 0.195 e. The average Bonchev–Trinajstić information content (AvgIpc) is 3.40. The molecule has 0 amide bonds. The first kappa shape index (κ1) is 31.8. The van der Waals surface area contributed by atoms with Gasteiger partial charge in [-0.25, -0.2) is 9.97 Å². The standard InChI is InChI=1S/C32H40N8O2S/c1-3-4-14-27-39-29-30(25-12-5-6-13-26(25)38-31(29)34)40(27)18-8-7-16-35-32(36-17-20-42-19-15-28(41)43-2)37-24-11-9-10-23(21-24)22-33/h5-6,9-13,21H,3-4,7-8,14-20H2,1-2H3,(H2,34,38)(H2,35,36,37). The number of unbranched alkanes of at least 4 members (excludes halogenated alkanes) is 2. The minimum absolute atomic E-state index is 0.115. The summed E-state index contributed by atoms with van der Waals surface area (Å²) in [6.07, 6.45) is 6.99. The fourth-order valence-electron chi connectivity index (χ4n) is 4.79. The number of nitrogens with one attached hydrogen (secondary N) is 2. The number of rotatable bonds is 15. The lowest BCUT2D eigenvalue weighted by Gasteiger charge is -2.14. The Morgan fingerprint density at radius 2 is 2.00 bits per heavy atom. The molecule has 0 aliphatic carbocycles. The molecule has 11 heteroatoms. The second-order valence-electron chi connectivity index (χ2n) is 10.1.